The third-order valence-electron chi connectivity index (χ3n) is 3.61. The SMILES string of the molecule is O=C(COc1ccccc1C(=O)Nc1ccc(Br)cn1)Nc1ccccc1Cl. The molecule has 2 amide bonds. The molecule has 0 bridgehead atoms. The molecule has 0 fully saturated rings. The highest BCUT2D eigenvalue weighted by atomic mass is 79.9. The number of para-hydroxylation sites is 2. The number of hydrogen-bond acceptors (Lipinski definition) is 4. The number of carbonyl (C=O) groups is 2. The van der Waals surface area contributed by atoms with E-state index < -0.39 is 11.8 Å². The van der Waals surface area contributed by atoms with Crippen LogP contribution in [0.5, 0.6) is 5.75 Å². The maximum absolute atomic E-state index is 12.5. The Morgan fingerprint density at radius 1 is 1.00 bits per heavy atom. The number of halogens is 2. The van der Waals surface area contributed by atoms with Crippen molar-refractivity contribution in [3.8, 4) is 5.75 Å². The first-order valence-electron chi connectivity index (χ1n) is 8.22. The monoisotopic (exact) mass is 459 g/mol. The lowest BCUT2D eigenvalue weighted by Gasteiger charge is -2.12. The van der Waals surface area contributed by atoms with Gasteiger partial charge in [0, 0.05) is 10.7 Å². The van der Waals surface area contributed by atoms with Gasteiger partial charge in [0.1, 0.15) is 11.6 Å². The molecular weight excluding hydrogens is 446 g/mol. The van der Waals surface area contributed by atoms with Gasteiger partial charge in [-0.05, 0) is 52.3 Å². The van der Waals surface area contributed by atoms with E-state index in [0.29, 0.717) is 16.5 Å². The van der Waals surface area contributed by atoms with E-state index in [-0.39, 0.29) is 17.9 Å². The van der Waals surface area contributed by atoms with E-state index in [1.165, 1.54) is 0 Å². The number of aromatic nitrogens is 1. The van der Waals surface area contributed by atoms with Crippen LogP contribution in [0.2, 0.25) is 5.02 Å². The first-order valence-corrected chi connectivity index (χ1v) is 9.39. The van der Waals surface area contributed by atoms with Crippen molar-refractivity contribution < 1.29 is 14.3 Å². The van der Waals surface area contributed by atoms with Gasteiger partial charge < -0.3 is 15.4 Å². The van der Waals surface area contributed by atoms with Crippen LogP contribution in [0, 0.1) is 0 Å². The molecule has 3 aromatic rings. The molecule has 1 heterocycles. The van der Waals surface area contributed by atoms with Crippen LogP contribution in [0.15, 0.2) is 71.3 Å². The molecule has 0 unspecified atom stereocenters. The molecule has 0 spiro atoms. The smallest absolute Gasteiger partial charge is 0.262 e. The maximum Gasteiger partial charge on any atom is 0.262 e. The van der Waals surface area contributed by atoms with E-state index in [1.807, 2.05) is 0 Å². The van der Waals surface area contributed by atoms with Gasteiger partial charge in [-0.1, -0.05) is 35.9 Å². The van der Waals surface area contributed by atoms with Gasteiger partial charge in [0.2, 0.25) is 0 Å². The molecule has 3 rings (SSSR count). The number of amides is 2. The number of anilines is 2. The van der Waals surface area contributed by atoms with Gasteiger partial charge in [-0.3, -0.25) is 9.59 Å². The number of ether oxygens (including phenoxy) is 1. The van der Waals surface area contributed by atoms with Gasteiger partial charge in [-0.15, -0.1) is 0 Å². The average Bonchev–Trinajstić information content (AvgIpc) is 2.70. The summed E-state index contributed by atoms with van der Waals surface area (Å²) in [4.78, 5) is 28.8. The molecule has 142 valence electrons. The molecule has 2 N–H and O–H groups in total. The number of nitrogens with one attached hydrogen (secondary N) is 2. The lowest BCUT2D eigenvalue weighted by atomic mass is 10.2. The predicted octanol–water partition coefficient (Wildman–Crippen LogP) is 4.77. The fourth-order valence-electron chi connectivity index (χ4n) is 2.31. The number of nitrogens with zero attached hydrogens (tertiary/aromatic N) is 1. The lowest BCUT2D eigenvalue weighted by molar-refractivity contribution is -0.118. The van der Waals surface area contributed by atoms with E-state index in [0.717, 1.165) is 4.47 Å². The average molecular weight is 461 g/mol. The van der Waals surface area contributed by atoms with Gasteiger partial charge in [0.05, 0.1) is 16.3 Å². The minimum Gasteiger partial charge on any atom is -0.483 e. The Balaban J connectivity index is 1.65. The van der Waals surface area contributed by atoms with Crippen LogP contribution in [-0.2, 0) is 4.79 Å². The summed E-state index contributed by atoms with van der Waals surface area (Å²) in [6.45, 7) is -0.272. The summed E-state index contributed by atoms with van der Waals surface area (Å²) in [6, 6.07) is 17.0. The van der Waals surface area contributed by atoms with Crippen molar-refractivity contribution in [3.05, 3.63) is 81.9 Å². The van der Waals surface area contributed by atoms with Crippen molar-refractivity contribution in [2.45, 2.75) is 0 Å². The molecule has 0 atom stereocenters. The van der Waals surface area contributed by atoms with Crippen molar-refractivity contribution in [1.82, 2.24) is 4.98 Å². The molecule has 8 heteroatoms. The molecular formula is C20H15BrClN3O3. The second kappa shape index (κ2) is 9.34. The summed E-state index contributed by atoms with van der Waals surface area (Å²) in [7, 11) is 0. The minimum atomic E-state index is -0.392. The lowest BCUT2D eigenvalue weighted by Crippen LogP contribution is -2.22. The molecule has 0 aliphatic rings. The van der Waals surface area contributed by atoms with Gasteiger partial charge in [0.25, 0.3) is 11.8 Å². The van der Waals surface area contributed by atoms with Crippen molar-refractivity contribution in [2.75, 3.05) is 17.2 Å². The highest BCUT2D eigenvalue weighted by molar-refractivity contribution is 9.10. The quantitative estimate of drug-likeness (QED) is 0.555. The van der Waals surface area contributed by atoms with Crippen molar-refractivity contribution in [2.24, 2.45) is 0 Å². The summed E-state index contributed by atoms with van der Waals surface area (Å²) in [5, 5.41) is 5.78. The molecule has 6 nitrogen and oxygen atoms in total. The van der Waals surface area contributed by atoms with Crippen LogP contribution < -0.4 is 15.4 Å². The topological polar surface area (TPSA) is 80.3 Å². The van der Waals surface area contributed by atoms with E-state index in [9.17, 15) is 9.59 Å². The first kappa shape index (κ1) is 19.9. The molecule has 0 aliphatic carbocycles. The molecule has 0 aliphatic heterocycles. The van der Waals surface area contributed by atoms with E-state index in [2.05, 4.69) is 31.5 Å². The Morgan fingerprint density at radius 3 is 2.50 bits per heavy atom. The summed E-state index contributed by atoms with van der Waals surface area (Å²) in [6.07, 6.45) is 1.58. The summed E-state index contributed by atoms with van der Waals surface area (Å²) in [5.41, 5.74) is 0.780. The summed E-state index contributed by atoms with van der Waals surface area (Å²) < 4.78 is 6.35. The second-order valence-electron chi connectivity index (χ2n) is 5.63. The van der Waals surface area contributed by atoms with Crippen molar-refractivity contribution in [3.63, 3.8) is 0 Å². The van der Waals surface area contributed by atoms with Crippen LogP contribution in [0.1, 0.15) is 10.4 Å². The fraction of sp³-hybridized carbons (Fsp3) is 0.0500. The van der Waals surface area contributed by atoms with Crippen LogP contribution in [-0.4, -0.2) is 23.4 Å². The normalized spacial score (nSPS) is 10.2. The van der Waals surface area contributed by atoms with Crippen molar-refractivity contribution in [1.29, 1.82) is 0 Å². The fourth-order valence-corrected chi connectivity index (χ4v) is 2.72. The number of rotatable bonds is 6. The molecule has 28 heavy (non-hydrogen) atoms. The number of carbonyl (C=O) groups excluding carboxylic acids is 2. The Bertz CT molecular complexity index is 996. The Morgan fingerprint density at radius 2 is 1.75 bits per heavy atom. The third-order valence-corrected chi connectivity index (χ3v) is 4.41. The second-order valence-corrected chi connectivity index (χ2v) is 6.95. The van der Waals surface area contributed by atoms with Crippen LogP contribution >= 0.6 is 27.5 Å². The van der Waals surface area contributed by atoms with Gasteiger partial charge in [-0.25, -0.2) is 4.98 Å². The maximum atomic E-state index is 12.5. The van der Waals surface area contributed by atoms with E-state index in [4.69, 9.17) is 16.3 Å². The van der Waals surface area contributed by atoms with Crippen molar-refractivity contribution >= 4 is 50.9 Å². The third kappa shape index (κ3) is 5.31. The van der Waals surface area contributed by atoms with Crippen LogP contribution in [0.3, 0.4) is 0 Å². The summed E-state index contributed by atoms with van der Waals surface area (Å²) in [5.74, 6) is -0.0966. The number of pyridine rings is 1. The standard InChI is InChI=1S/C20H15BrClN3O3/c21-13-9-10-18(23-11-13)25-20(27)14-5-1-4-8-17(14)28-12-19(26)24-16-7-3-2-6-15(16)22/h1-11H,12H2,(H,24,26)(H,23,25,27). The predicted molar refractivity (Wildman–Crippen MR) is 112 cm³/mol. The molecule has 0 saturated carbocycles. The number of hydrogen-bond donors (Lipinski definition) is 2. The molecule has 0 radical (unpaired) electrons. The van der Waals surface area contributed by atoms with Crippen LogP contribution in [0.25, 0.3) is 0 Å². The Kier molecular flexibility index (Phi) is 6.62. The minimum absolute atomic E-state index is 0.272. The molecule has 1 aromatic heterocycles. The Hall–Kier alpha value is -2.90. The summed E-state index contributed by atoms with van der Waals surface area (Å²) >= 11 is 9.31. The van der Waals surface area contributed by atoms with Gasteiger partial charge in [0.15, 0.2) is 6.61 Å². The van der Waals surface area contributed by atoms with E-state index in [1.54, 1.807) is 66.9 Å². The molecule has 2 aromatic carbocycles. The zero-order valence-corrected chi connectivity index (χ0v) is 16.8. The Labute approximate surface area is 175 Å². The van der Waals surface area contributed by atoms with E-state index >= 15 is 0 Å². The zero-order chi connectivity index (χ0) is 19.9. The van der Waals surface area contributed by atoms with Gasteiger partial charge in [-0.2, -0.15) is 0 Å². The first-order chi connectivity index (χ1) is 13.5. The van der Waals surface area contributed by atoms with Gasteiger partial charge >= 0.3 is 0 Å². The number of benzene rings is 2. The highest BCUT2D eigenvalue weighted by Gasteiger charge is 2.14. The van der Waals surface area contributed by atoms with Crippen LogP contribution in [0.4, 0.5) is 11.5 Å². The zero-order valence-electron chi connectivity index (χ0n) is 14.5. The highest BCUT2D eigenvalue weighted by Crippen LogP contribution is 2.22. The molecule has 0 saturated heterocycles. The largest absolute Gasteiger partial charge is 0.483 e.